The van der Waals surface area contributed by atoms with Crippen LogP contribution in [-0.4, -0.2) is 40.0 Å². The van der Waals surface area contributed by atoms with Crippen LogP contribution in [0.3, 0.4) is 0 Å². The van der Waals surface area contributed by atoms with Crippen LogP contribution < -0.4 is 5.32 Å². The number of esters is 2. The van der Waals surface area contributed by atoms with Gasteiger partial charge >= 0.3 is 24.2 Å². The topological polar surface area (TPSA) is 115 Å². The number of pyridine rings is 1. The van der Waals surface area contributed by atoms with Gasteiger partial charge < -0.3 is 19.9 Å². The van der Waals surface area contributed by atoms with Gasteiger partial charge in [-0.15, -0.1) is 0 Å². The number of alkyl halides is 3. The molecule has 1 amide bonds. The van der Waals surface area contributed by atoms with Crippen molar-refractivity contribution in [1.29, 1.82) is 0 Å². The first-order valence-electron chi connectivity index (χ1n) is 7.80. The van der Waals surface area contributed by atoms with Gasteiger partial charge in [0.15, 0.2) is 5.92 Å². The predicted octanol–water partition coefficient (Wildman–Crippen LogP) is 2.29. The van der Waals surface area contributed by atoms with Crippen LogP contribution >= 0.6 is 0 Å². The van der Waals surface area contributed by atoms with Gasteiger partial charge in [-0.3, -0.25) is 14.6 Å². The largest absolute Gasteiger partial charge is 0.465 e. The van der Waals surface area contributed by atoms with Crippen molar-refractivity contribution >= 4 is 18.0 Å². The number of cyclic esters (lactones) is 2. The number of hydrogen-bond acceptors (Lipinski definition) is 6. The molecule has 8 nitrogen and oxygen atoms in total. The van der Waals surface area contributed by atoms with Crippen molar-refractivity contribution in [3.8, 4) is 0 Å². The Bertz CT molecular complexity index is 728. The molecule has 2 rings (SSSR count). The Labute approximate surface area is 151 Å². The third-order valence-corrected chi connectivity index (χ3v) is 3.91. The molecule has 0 spiro atoms. The molecule has 0 radical (unpaired) electrons. The Kier molecular flexibility index (Phi) is 5.34. The Balaban J connectivity index is 2.44. The lowest BCUT2D eigenvalue weighted by atomic mass is 9.81. The van der Waals surface area contributed by atoms with Gasteiger partial charge in [-0.2, -0.15) is 13.2 Å². The van der Waals surface area contributed by atoms with Crippen molar-refractivity contribution in [3.05, 3.63) is 29.6 Å². The van der Waals surface area contributed by atoms with E-state index in [4.69, 9.17) is 14.6 Å². The van der Waals surface area contributed by atoms with Crippen LogP contribution in [0.1, 0.15) is 37.9 Å². The summed E-state index contributed by atoms with van der Waals surface area (Å²) < 4.78 is 48.2. The highest BCUT2D eigenvalue weighted by Gasteiger charge is 2.49. The van der Waals surface area contributed by atoms with Gasteiger partial charge in [0.05, 0.1) is 0 Å². The fraction of sp³-hybridized carbons (Fsp3) is 0.500. The summed E-state index contributed by atoms with van der Waals surface area (Å²) in [6.07, 6.45) is -5.27. The minimum Gasteiger partial charge on any atom is -0.465 e. The zero-order valence-electron chi connectivity index (χ0n) is 14.5. The summed E-state index contributed by atoms with van der Waals surface area (Å²) in [6, 6.07) is 0.674. The maximum atomic E-state index is 12.7. The second-order valence-corrected chi connectivity index (χ2v) is 6.46. The van der Waals surface area contributed by atoms with Crippen LogP contribution in [0, 0.1) is 5.92 Å². The van der Waals surface area contributed by atoms with E-state index < -0.39 is 53.6 Å². The molecule has 1 saturated heterocycles. The number of ether oxygens (including phenoxy) is 2. The summed E-state index contributed by atoms with van der Waals surface area (Å²) in [5, 5.41) is 11.0. The van der Waals surface area contributed by atoms with Crippen LogP contribution in [0.5, 0.6) is 0 Å². The highest BCUT2D eigenvalue weighted by Crippen LogP contribution is 2.36. The summed E-state index contributed by atoms with van der Waals surface area (Å²) in [5.74, 6) is -6.21. The maximum absolute atomic E-state index is 12.7. The predicted molar refractivity (Wildman–Crippen MR) is 82.4 cm³/mol. The molecule has 11 heteroatoms. The number of carboxylic acid groups (broad SMARTS) is 1. The van der Waals surface area contributed by atoms with E-state index in [1.54, 1.807) is 0 Å². The Morgan fingerprint density at radius 2 is 1.81 bits per heavy atom. The quantitative estimate of drug-likeness (QED) is 0.599. The van der Waals surface area contributed by atoms with Gasteiger partial charge in [0.2, 0.25) is 0 Å². The normalized spacial score (nSPS) is 19.6. The molecular weight excluding hydrogens is 373 g/mol. The molecule has 0 saturated carbocycles. The summed E-state index contributed by atoms with van der Waals surface area (Å²) >= 11 is 0. The zero-order chi connectivity index (χ0) is 20.6. The van der Waals surface area contributed by atoms with Crippen LogP contribution in [0.25, 0.3) is 0 Å². The summed E-state index contributed by atoms with van der Waals surface area (Å²) in [5.41, 5.74) is -1.12. The molecule has 0 bridgehead atoms. The van der Waals surface area contributed by atoms with E-state index in [9.17, 15) is 27.6 Å². The average molecular weight is 390 g/mol. The number of carbonyl (C=O) groups excluding carboxylic acids is 2. The Hall–Kier alpha value is -2.85. The van der Waals surface area contributed by atoms with Crippen molar-refractivity contribution in [3.63, 3.8) is 0 Å². The van der Waals surface area contributed by atoms with Crippen molar-refractivity contribution in [2.24, 2.45) is 5.92 Å². The summed E-state index contributed by atoms with van der Waals surface area (Å²) in [7, 11) is 0. The highest BCUT2D eigenvalue weighted by molar-refractivity contribution is 5.98. The smallest absolute Gasteiger partial charge is 0.433 e. The van der Waals surface area contributed by atoms with E-state index in [0.717, 1.165) is 12.3 Å². The SMILES string of the molecule is CC(NC(=O)O)C(c1ccc(C(F)(F)F)nc1)C1C(=O)OC(C)(C)OC1=O. The van der Waals surface area contributed by atoms with Crippen molar-refractivity contribution in [2.75, 3.05) is 0 Å². The van der Waals surface area contributed by atoms with Crippen LogP contribution in [0.15, 0.2) is 18.3 Å². The first-order chi connectivity index (χ1) is 12.3. The van der Waals surface area contributed by atoms with Crippen molar-refractivity contribution in [2.45, 2.75) is 44.7 Å². The van der Waals surface area contributed by atoms with E-state index in [1.807, 2.05) is 0 Å². The molecule has 1 aromatic rings. The Morgan fingerprint density at radius 3 is 2.22 bits per heavy atom. The molecule has 2 N–H and O–H groups in total. The zero-order valence-corrected chi connectivity index (χ0v) is 14.5. The third-order valence-electron chi connectivity index (χ3n) is 3.91. The van der Waals surface area contributed by atoms with E-state index >= 15 is 0 Å². The van der Waals surface area contributed by atoms with Crippen molar-refractivity contribution in [1.82, 2.24) is 10.3 Å². The second-order valence-electron chi connectivity index (χ2n) is 6.46. The lowest BCUT2D eigenvalue weighted by molar-refractivity contribution is -0.241. The molecular formula is C16H17F3N2O6. The van der Waals surface area contributed by atoms with Gasteiger partial charge in [-0.1, -0.05) is 6.07 Å². The molecule has 27 heavy (non-hydrogen) atoms. The van der Waals surface area contributed by atoms with Crippen LogP contribution in [-0.2, 0) is 25.2 Å². The minimum absolute atomic E-state index is 0.0443. The molecule has 1 fully saturated rings. The van der Waals surface area contributed by atoms with E-state index in [1.165, 1.54) is 20.8 Å². The van der Waals surface area contributed by atoms with Gasteiger partial charge in [-0.05, 0) is 18.6 Å². The average Bonchev–Trinajstić information content (AvgIpc) is 2.48. The maximum Gasteiger partial charge on any atom is 0.433 e. The molecule has 1 aliphatic heterocycles. The lowest BCUT2D eigenvalue weighted by Crippen LogP contribution is -2.52. The lowest BCUT2D eigenvalue weighted by Gasteiger charge is -2.37. The van der Waals surface area contributed by atoms with Gasteiger partial charge in [0.1, 0.15) is 5.69 Å². The molecule has 148 valence electrons. The first kappa shape index (κ1) is 20.5. The fourth-order valence-electron chi connectivity index (χ4n) is 2.85. The summed E-state index contributed by atoms with van der Waals surface area (Å²) in [6.45, 7) is 4.04. The van der Waals surface area contributed by atoms with Gasteiger partial charge in [-0.25, -0.2) is 4.79 Å². The van der Waals surface area contributed by atoms with Gasteiger partial charge in [0, 0.05) is 32.0 Å². The molecule has 1 aromatic heterocycles. The minimum atomic E-state index is -4.67. The number of halogens is 3. The highest BCUT2D eigenvalue weighted by atomic mass is 19.4. The third kappa shape index (κ3) is 4.66. The van der Waals surface area contributed by atoms with Gasteiger partial charge in [0.25, 0.3) is 5.79 Å². The van der Waals surface area contributed by atoms with Crippen LogP contribution in [0.4, 0.5) is 18.0 Å². The number of nitrogens with one attached hydrogen (secondary N) is 1. The monoisotopic (exact) mass is 390 g/mol. The van der Waals surface area contributed by atoms with E-state index in [2.05, 4.69) is 10.3 Å². The molecule has 0 aliphatic carbocycles. The number of hydrogen-bond donors (Lipinski definition) is 2. The van der Waals surface area contributed by atoms with Crippen molar-refractivity contribution < 1.29 is 42.1 Å². The molecule has 2 unspecified atom stereocenters. The number of rotatable bonds is 4. The molecule has 0 aromatic carbocycles. The standard InChI is InChI=1S/C16H17F3N2O6/c1-7(21-14(24)25)10(8-4-5-9(20-6-8)16(17,18)19)11-12(22)26-15(2,3)27-13(11)23/h4-7,10-11,21H,1-3H3,(H,24,25). The number of aromatic nitrogens is 1. The molecule has 2 atom stereocenters. The first-order valence-corrected chi connectivity index (χ1v) is 7.80. The van der Waals surface area contributed by atoms with Crippen LogP contribution in [0.2, 0.25) is 0 Å². The second kappa shape index (κ2) is 7.05. The molecule has 1 aliphatic rings. The van der Waals surface area contributed by atoms with E-state index in [-0.39, 0.29) is 5.56 Å². The van der Waals surface area contributed by atoms with E-state index in [0.29, 0.717) is 6.07 Å². The Morgan fingerprint density at radius 1 is 1.26 bits per heavy atom. The fourth-order valence-corrected chi connectivity index (χ4v) is 2.85. The summed E-state index contributed by atoms with van der Waals surface area (Å²) in [4.78, 5) is 39.0. The number of carbonyl (C=O) groups is 3. The number of nitrogens with zero attached hydrogens (tertiary/aromatic N) is 1. The number of amides is 1. The molecule has 2 heterocycles.